The van der Waals surface area contributed by atoms with Crippen LogP contribution < -0.4 is 4.90 Å². The molecular weight excluding hydrogens is 370 g/mol. The van der Waals surface area contributed by atoms with Gasteiger partial charge in [0.15, 0.2) is 0 Å². The molecule has 1 aromatic rings. The molecule has 2 fully saturated rings. The van der Waals surface area contributed by atoms with Gasteiger partial charge in [-0.15, -0.1) is 6.58 Å². The molecule has 3 aliphatic rings. The summed E-state index contributed by atoms with van der Waals surface area (Å²) < 4.78 is 0. The number of fused-ring (bicyclic) bond motifs is 4. The number of nitrogens with zero attached hydrogens (tertiary/aromatic N) is 3. The smallest absolute Gasteiger partial charge is 0.253 e. The Hall–Kier alpha value is -1.81. The average molecular weight is 410 g/mol. The van der Waals surface area contributed by atoms with Crippen molar-refractivity contribution in [3.05, 3.63) is 42.0 Å². The van der Waals surface area contributed by atoms with Crippen LogP contribution in [0.5, 0.6) is 0 Å². The van der Waals surface area contributed by atoms with Crippen molar-refractivity contribution in [2.75, 3.05) is 31.1 Å². The predicted octanol–water partition coefficient (Wildman–Crippen LogP) is 5.40. The molecule has 0 radical (unpaired) electrons. The Bertz CT molecular complexity index is 786. The molecule has 164 valence electrons. The summed E-state index contributed by atoms with van der Waals surface area (Å²) in [5.41, 5.74) is 3.81. The standard InChI is InChI=1S/C26H39N3O/c1-5-9-10-16-29-24-12-11-20(25(30)27(7-3)8-4)18-23(24)21-17-22-13-14-26(29,19-21)28(22)15-6-2/h6,11-12,18,21-22H,2,5,7-10,13-17,19H2,1,3-4H3. The number of hydrogen-bond acceptors (Lipinski definition) is 3. The molecule has 0 saturated carbocycles. The van der Waals surface area contributed by atoms with E-state index in [1.165, 1.54) is 56.2 Å². The maximum Gasteiger partial charge on any atom is 0.253 e. The first kappa shape index (κ1) is 21.4. The molecule has 3 bridgehead atoms. The molecule has 4 nitrogen and oxygen atoms in total. The first-order valence-corrected chi connectivity index (χ1v) is 12.2. The molecule has 0 aromatic heterocycles. The minimum absolute atomic E-state index is 0.146. The summed E-state index contributed by atoms with van der Waals surface area (Å²) in [7, 11) is 0. The maximum atomic E-state index is 13.0. The minimum atomic E-state index is 0.146. The van der Waals surface area contributed by atoms with Crippen LogP contribution >= 0.6 is 0 Å². The van der Waals surface area contributed by atoms with Gasteiger partial charge in [-0.05, 0) is 75.6 Å². The highest BCUT2D eigenvalue weighted by Gasteiger charge is 2.57. The SMILES string of the molecule is C=CCN1C2CCC13CC(C2)c1cc(C(=O)N(CC)CC)ccc1N3CCCCC. The van der Waals surface area contributed by atoms with Crippen molar-refractivity contribution in [1.82, 2.24) is 9.80 Å². The van der Waals surface area contributed by atoms with Gasteiger partial charge >= 0.3 is 0 Å². The van der Waals surface area contributed by atoms with E-state index in [2.05, 4.69) is 61.4 Å². The summed E-state index contributed by atoms with van der Waals surface area (Å²) in [5, 5.41) is 0. The third kappa shape index (κ3) is 3.37. The molecule has 1 spiro atoms. The normalized spacial score (nSPS) is 27.1. The molecule has 3 unspecified atom stereocenters. The lowest BCUT2D eigenvalue weighted by molar-refractivity contribution is 0.0428. The number of piperidine rings is 1. The summed E-state index contributed by atoms with van der Waals surface area (Å²) in [6.45, 7) is 14.1. The van der Waals surface area contributed by atoms with Gasteiger partial charge in [0.1, 0.15) is 0 Å². The molecule has 4 rings (SSSR count). The van der Waals surface area contributed by atoms with Gasteiger partial charge in [0.05, 0.1) is 5.66 Å². The number of amides is 1. The van der Waals surface area contributed by atoms with E-state index < -0.39 is 0 Å². The molecule has 0 aliphatic carbocycles. The highest BCUT2D eigenvalue weighted by molar-refractivity contribution is 5.95. The van der Waals surface area contributed by atoms with E-state index >= 15 is 0 Å². The number of rotatable bonds is 9. The first-order valence-electron chi connectivity index (χ1n) is 12.2. The van der Waals surface area contributed by atoms with E-state index in [-0.39, 0.29) is 11.6 Å². The van der Waals surface area contributed by atoms with Gasteiger partial charge in [-0.3, -0.25) is 9.69 Å². The van der Waals surface area contributed by atoms with Crippen LogP contribution in [0, 0.1) is 0 Å². The van der Waals surface area contributed by atoms with Crippen LogP contribution in [0.1, 0.15) is 87.6 Å². The van der Waals surface area contributed by atoms with Gasteiger partial charge in [-0.25, -0.2) is 0 Å². The molecule has 2 saturated heterocycles. The number of carbonyl (C=O) groups excluding carboxylic acids is 1. The van der Waals surface area contributed by atoms with Gasteiger partial charge in [-0.2, -0.15) is 0 Å². The molecule has 30 heavy (non-hydrogen) atoms. The lowest BCUT2D eigenvalue weighted by atomic mass is 9.76. The molecule has 4 heteroatoms. The van der Waals surface area contributed by atoms with Crippen molar-refractivity contribution < 1.29 is 4.79 Å². The number of benzene rings is 1. The summed E-state index contributed by atoms with van der Waals surface area (Å²) in [6.07, 6.45) is 10.8. The van der Waals surface area contributed by atoms with Crippen LogP contribution in [0.3, 0.4) is 0 Å². The predicted molar refractivity (Wildman–Crippen MR) is 125 cm³/mol. The molecular formula is C26H39N3O. The van der Waals surface area contributed by atoms with Crippen molar-refractivity contribution in [2.45, 2.75) is 83.3 Å². The van der Waals surface area contributed by atoms with Gasteiger partial charge in [-0.1, -0.05) is 25.8 Å². The fourth-order valence-corrected chi connectivity index (χ4v) is 6.43. The third-order valence-corrected chi connectivity index (χ3v) is 7.85. The Morgan fingerprint density at radius 3 is 2.77 bits per heavy atom. The van der Waals surface area contributed by atoms with Crippen LogP contribution in [-0.4, -0.2) is 53.6 Å². The molecule has 1 aromatic carbocycles. The maximum absolute atomic E-state index is 13.0. The van der Waals surface area contributed by atoms with Crippen molar-refractivity contribution in [3.8, 4) is 0 Å². The summed E-state index contributed by atoms with van der Waals surface area (Å²) in [5.74, 6) is 0.744. The van der Waals surface area contributed by atoms with Crippen LogP contribution in [0.15, 0.2) is 30.9 Å². The Labute approximate surface area is 182 Å². The fourth-order valence-electron chi connectivity index (χ4n) is 6.43. The van der Waals surface area contributed by atoms with Crippen LogP contribution in [0.25, 0.3) is 0 Å². The highest BCUT2D eigenvalue weighted by atomic mass is 16.2. The van der Waals surface area contributed by atoms with Crippen LogP contribution in [0.4, 0.5) is 5.69 Å². The number of carbonyl (C=O) groups is 1. The zero-order chi connectivity index (χ0) is 21.3. The third-order valence-electron chi connectivity index (χ3n) is 7.85. The Morgan fingerprint density at radius 2 is 2.07 bits per heavy atom. The Balaban J connectivity index is 1.74. The Morgan fingerprint density at radius 1 is 1.27 bits per heavy atom. The van der Waals surface area contributed by atoms with E-state index in [1.807, 2.05) is 4.90 Å². The molecule has 0 N–H and O–H groups in total. The van der Waals surface area contributed by atoms with Crippen LogP contribution in [-0.2, 0) is 0 Å². The van der Waals surface area contributed by atoms with Gasteiger partial charge in [0.25, 0.3) is 5.91 Å². The van der Waals surface area contributed by atoms with Crippen molar-refractivity contribution in [1.29, 1.82) is 0 Å². The second-order valence-electron chi connectivity index (χ2n) is 9.36. The summed E-state index contributed by atoms with van der Waals surface area (Å²) >= 11 is 0. The zero-order valence-electron chi connectivity index (χ0n) is 19.2. The Kier molecular flexibility index (Phi) is 6.24. The van der Waals surface area contributed by atoms with Crippen molar-refractivity contribution in [2.24, 2.45) is 0 Å². The number of hydrogen-bond donors (Lipinski definition) is 0. The first-order chi connectivity index (χ1) is 14.6. The molecule has 1 amide bonds. The fraction of sp³-hybridized carbons (Fsp3) is 0.654. The van der Waals surface area contributed by atoms with E-state index in [0.29, 0.717) is 12.0 Å². The quantitative estimate of drug-likeness (QED) is 0.403. The highest BCUT2D eigenvalue weighted by Crippen LogP contribution is 2.57. The van der Waals surface area contributed by atoms with E-state index in [9.17, 15) is 4.79 Å². The number of anilines is 1. The van der Waals surface area contributed by atoms with Crippen LogP contribution in [0.2, 0.25) is 0 Å². The summed E-state index contributed by atoms with van der Waals surface area (Å²) in [4.78, 5) is 20.4. The molecule has 3 heterocycles. The van der Waals surface area contributed by atoms with Gasteiger partial charge in [0, 0.05) is 43.5 Å². The lowest BCUT2D eigenvalue weighted by Crippen LogP contribution is -2.64. The van der Waals surface area contributed by atoms with Crippen molar-refractivity contribution >= 4 is 11.6 Å². The second kappa shape index (κ2) is 8.74. The van der Waals surface area contributed by atoms with Gasteiger partial charge < -0.3 is 9.80 Å². The van der Waals surface area contributed by atoms with Crippen molar-refractivity contribution in [3.63, 3.8) is 0 Å². The largest absolute Gasteiger partial charge is 0.353 e. The monoisotopic (exact) mass is 409 g/mol. The average Bonchev–Trinajstić information content (AvgIpc) is 2.98. The molecule has 3 aliphatic heterocycles. The second-order valence-corrected chi connectivity index (χ2v) is 9.36. The summed E-state index contributed by atoms with van der Waals surface area (Å²) in [6, 6.07) is 7.22. The topological polar surface area (TPSA) is 26.8 Å². The molecule has 3 atom stereocenters. The minimum Gasteiger partial charge on any atom is -0.353 e. The van der Waals surface area contributed by atoms with E-state index in [4.69, 9.17) is 0 Å². The van der Waals surface area contributed by atoms with Gasteiger partial charge in [0.2, 0.25) is 0 Å². The van der Waals surface area contributed by atoms with E-state index in [0.717, 1.165) is 31.7 Å². The van der Waals surface area contributed by atoms with E-state index in [1.54, 1.807) is 0 Å². The zero-order valence-corrected chi connectivity index (χ0v) is 19.2. The lowest BCUT2D eigenvalue weighted by Gasteiger charge is -2.58. The number of unbranched alkanes of at least 4 members (excludes halogenated alkanes) is 2.